The molecule has 19 heavy (non-hydrogen) atoms. The molecule has 0 aromatic carbocycles. The predicted octanol–water partition coefficient (Wildman–Crippen LogP) is -0.690. The van der Waals surface area contributed by atoms with E-state index in [-0.39, 0.29) is 30.4 Å². The van der Waals surface area contributed by atoms with E-state index in [1.54, 1.807) is 0 Å². The summed E-state index contributed by atoms with van der Waals surface area (Å²) in [5.74, 6) is -0.0841. The number of hydrogen-bond donors (Lipinski definition) is 2. The molecule has 0 spiro atoms. The normalized spacial score (nSPS) is 12.5. The van der Waals surface area contributed by atoms with Gasteiger partial charge in [0.25, 0.3) is 10.0 Å². The van der Waals surface area contributed by atoms with Gasteiger partial charge < -0.3 is 4.42 Å². The summed E-state index contributed by atoms with van der Waals surface area (Å²) in [6.07, 6.45) is 1.70. The second kappa shape index (κ2) is 6.28. The Hall–Kier alpha value is -1.23. The van der Waals surface area contributed by atoms with Crippen molar-refractivity contribution >= 4 is 26.3 Å². The van der Waals surface area contributed by atoms with Crippen LogP contribution in [0, 0.1) is 0 Å². The van der Waals surface area contributed by atoms with Crippen LogP contribution in [0.1, 0.15) is 17.0 Å². The van der Waals surface area contributed by atoms with E-state index in [1.807, 2.05) is 0 Å². The molecule has 0 aliphatic rings. The molecule has 108 valence electrons. The number of hydrogen-bond acceptors (Lipinski definition) is 6. The van der Waals surface area contributed by atoms with Crippen LogP contribution in [0.4, 0.5) is 0 Å². The molecule has 0 amide bonds. The predicted molar refractivity (Wildman–Crippen MR) is 66.7 cm³/mol. The van der Waals surface area contributed by atoms with Crippen LogP contribution in [-0.4, -0.2) is 42.5 Å². The average molecular weight is 310 g/mol. The quantitative estimate of drug-likeness (QED) is 0.484. The van der Waals surface area contributed by atoms with Crippen molar-refractivity contribution in [1.29, 1.82) is 0 Å². The lowest BCUT2D eigenvalue weighted by atomic mass is 10.4. The molecule has 0 aliphatic heterocycles. The smallest absolute Gasteiger partial charge is 0.273 e. The van der Waals surface area contributed by atoms with E-state index in [0.29, 0.717) is 6.29 Å². The summed E-state index contributed by atoms with van der Waals surface area (Å²) < 4.78 is 54.1. The molecule has 0 bridgehead atoms. The van der Waals surface area contributed by atoms with Crippen LogP contribution >= 0.6 is 0 Å². The topological polar surface area (TPSA) is 123 Å². The molecule has 0 aliphatic carbocycles. The lowest BCUT2D eigenvalue weighted by Crippen LogP contribution is -2.29. The van der Waals surface area contributed by atoms with Gasteiger partial charge >= 0.3 is 0 Å². The highest BCUT2D eigenvalue weighted by atomic mass is 32.2. The van der Waals surface area contributed by atoms with Crippen molar-refractivity contribution in [2.24, 2.45) is 0 Å². The van der Waals surface area contributed by atoms with Crippen molar-refractivity contribution in [3.05, 3.63) is 17.9 Å². The van der Waals surface area contributed by atoms with Crippen molar-refractivity contribution in [3.63, 3.8) is 0 Å². The summed E-state index contributed by atoms with van der Waals surface area (Å²) in [7, 11) is -7.10. The number of sulfonamides is 2. The molecule has 2 N–H and O–H groups in total. The van der Waals surface area contributed by atoms with E-state index >= 15 is 0 Å². The third-order valence-electron chi connectivity index (χ3n) is 1.99. The fourth-order valence-electron chi connectivity index (χ4n) is 1.17. The third kappa shape index (κ3) is 5.51. The van der Waals surface area contributed by atoms with Gasteiger partial charge in [0.15, 0.2) is 12.0 Å². The van der Waals surface area contributed by atoms with E-state index < -0.39 is 20.0 Å². The second-order valence-corrected chi connectivity index (χ2v) is 7.22. The van der Waals surface area contributed by atoms with Crippen LogP contribution < -0.4 is 9.44 Å². The van der Waals surface area contributed by atoms with Gasteiger partial charge in [-0.2, -0.15) is 0 Å². The van der Waals surface area contributed by atoms with Crippen LogP contribution in [0.2, 0.25) is 0 Å². The number of carbonyl (C=O) groups excluding carboxylic acids is 1. The van der Waals surface area contributed by atoms with Gasteiger partial charge in [-0.15, -0.1) is 0 Å². The summed E-state index contributed by atoms with van der Waals surface area (Å²) in [6, 6.07) is 2.41. The van der Waals surface area contributed by atoms with Crippen molar-refractivity contribution in [1.82, 2.24) is 9.44 Å². The van der Waals surface area contributed by atoms with E-state index in [4.69, 9.17) is 4.42 Å². The first-order valence-electron chi connectivity index (χ1n) is 5.24. The van der Waals surface area contributed by atoms with Crippen molar-refractivity contribution in [2.75, 3.05) is 19.3 Å². The van der Waals surface area contributed by atoms with Gasteiger partial charge in [0.2, 0.25) is 15.1 Å². The van der Waals surface area contributed by atoms with Crippen LogP contribution in [0.3, 0.4) is 0 Å². The van der Waals surface area contributed by atoms with E-state index in [1.165, 1.54) is 12.1 Å². The summed E-state index contributed by atoms with van der Waals surface area (Å²) >= 11 is 0. The minimum Gasteiger partial charge on any atom is -0.440 e. The SMILES string of the molecule is CS(=O)(=O)NCCCNS(=O)(=O)c1ccc(C=O)o1. The lowest BCUT2D eigenvalue weighted by Gasteiger charge is -2.04. The molecule has 1 aromatic heterocycles. The van der Waals surface area contributed by atoms with Gasteiger partial charge in [-0.3, -0.25) is 4.79 Å². The van der Waals surface area contributed by atoms with E-state index in [2.05, 4.69) is 9.44 Å². The first-order valence-corrected chi connectivity index (χ1v) is 8.61. The molecule has 10 heteroatoms. The Morgan fingerprint density at radius 3 is 2.32 bits per heavy atom. The highest BCUT2D eigenvalue weighted by Crippen LogP contribution is 2.11. The molecule has 0 radical (unpaired) electrons. The van der Waals surface area contributed by atoms with Crippen molar-refractivity contribution < 1.29 is 26.0 Å². The molecule has 0 saturated heterocycles. The highest BCUT2D eigenvalue weighted by molar-refractivity contribution is 7.89. The summed E-state index contributed by atoms with van der Waals surface area (Å²) in [6.45, 7) is 0.168. The van der Waals surface area contributed by atoms with Crippen LogP contribution in [0.5, 0.6) is 0 Å². The Morgan fingerprint density at radius 2 is 1.79 bits per heavy atom. The highest BCUT2D eigenvalue weighted by Gasteiger charge is 2.17. The van der Waals surface area contributed by atoms with Gasteiger partial charge in [0, 0.05) is 13.1 Å². The maximum absolute atomic E-state index is 11.7. The Labute approximate surface area is 111 Å². The summed E-state index contributed by atoms with van der Waals surface area (Å²) in [5, 5.41) is -0.356. The first kappa shape index (κ1) is 15.8. The van der Waals surface area contributed by atoms with Gasteiger partial charge in [-0.05, 0) is 18.6 Å². The van der Waals surface area contributed by atoms with Crippen molar-refractivity contribution in [3.8, 4) is 0 Å². The molecule has 0 atom stereocenters. The molecule has 1 heterocycles. The molecular weight excluding hydrogens is 296 g/mol. The fraction of sp³-hybridized carbons (Fsp3) is 0.444. The standard InChI is InChI=1S/C9H14N2O6S2/c1-18(13,14)10-5-2-6-11-19(15,16)9-4-3-8(7-12)17-9/h3-4,7,10-11H,2,5-6H2,1H3. The van der Waals surface area contributed by atoms with Crippen LogP contribution in [-0.2, 0) is 20.0 Å². The zero-order chi connectivity index (χ0) is 14.5. The molecule has 0 fully saturated rings. The van der Waals surface area contributed by atoms with Crippen LogP contribution in [0.25, 0.3) is 0 Å². The van der Waals surface area contributed by atoms with Gasteiger partial charge in [-0.25, -0.2) is 26.3 Å². The Balaban J connectivity index is 2.45. The summed E-state index contributed by atoms with van der Waals surface area (Å²) in [4.78, 5) is 10.4. The molecule has 1 aromatic rings. The minimum absolute atomic E-state index is 0.0436. The molecule has 8 nitrogen and oxygen atoms in total. The zero-order valence-electron chi connectivity index (χ0n) is 10.1. The Morgan fingerprint density at radius 1 is 1.16 bits per heavy atom. The number of nitrogens with one attached hydrogen (secondary N) is 2. The van der Waals surface area contributed by atoms with Gasteiger partial charge in [-0.1, -0.05) is 0 Å². The molecular formula is C9H14N2O6S2. The minimum atomic E-state index is -3.82. The van der Waals surface area contributed by atoms with E-state index in [0.717, 1.165) is 6.26 Å². The average Bonchev–Trinajstić information content (AvgIpc) is 2.76. The van der Waals surface area contributed by atoms with Crippen LogP contribution in [0.15, 0.2) is 21.6 Å². The largest absolute Gasteiger partial charge is 0.440 e. The van der Waals surface area contributed by atoms with Gasteiger partial charge in [0.1, 0.15) is 0 Å². The zero-order valence-corrected chi connectivity index (χ0v) is 11.8. The first-order chi connectivity index (χ1) is 8.74. The summed E-state index contributed by atoms with van der Waals surface area (Å²) in [5.41, 5.74) is 0. The number of aldehydes is 1. The third-order valence-corrected chi connectivity index (χ3v) is 4.05. The monoisotopic (exact) mass is 310 g/mol. The molecule has 0 saturated carbocycles. The lowest BCUT2D eigenvalue weighted by molar-refractivity contribution is 0.109. The molecule has 0 unspecified atom stereocenters. The maximum atomic E-state index is 11.7. The van der Waals surface area contributed by atoms with Gasteiger partial charge in [0.05, 0.1) is 6.26 Å². The maximum Gasteiger partial charge on any atom is 0.273 e. The number of carbonyl (C=O) groups is 1. The Bertz CT molecular complexity index is 631. The second-order valence-electron chi connectivity index (χ2n) is 3.69. The Kier molecular flexibility index (Phi) is 5.23. The number of rotatable bonds is 8. The van der Waals surface area contributed by atoms with Crippen molar-refractivity contribution in [2.45, 2.75) is 11.5 Å². The molecule has 1 rings (SSSR count). The van der Waals surface area contributed by atoms with E-state index in [9.17, 15) is 21.6 Å². The fourth-order valence-corrected chi connectivity index (χ4v) is 2.69. The number of furan rings is 1.